The van der Waals surface area contributed by atoms with E-state index in [-0.39, 0.29) is 18.3 Å². The first kappa shape index (κ1) is 14.5. The number of aromatic nitrogens is 2. The van der Waals surface area contributed by atoms with Crippen LogP contribution in [0, 0.1) is 0 Å². The maximum Gasteiger partial charge on any atom is 0.437 e. The van der Waals surface area contributed by atoms with Crippen molar-refractivity contribution in [1.82, 2.24) is 9.78 Å². The second kappa shape index (κ2) is 5.84. The van der Waals surface area contributed by atoms with Gasteiger partial charge in [-0.05, 0) is 30.5 Å². The van der Waals surface area contributed by atoms with Gasteiger partial charge in [0, 0.05) is 12.2 Å². The first-order valence-electron chi connectivity index (χ1n) is 7.71. The van der Waals surface area contributed by atoms with Gasteiger partial charge >= 0.3 is 5.76 Å². The van der Waals surface area contributed by atoms with E-state index in [0.29, 0.717) is 12.1 Å². The number of aryl methyl sites for hydroxylation is 1. The van der Waals surface area contributed by atoms with Crippen molar-refractivity contribution >= 4 is 11.6 Å². The molecule has 1 aliphatic heterocycles. The molecule has 0 saturated heterocycles. The van der Waals surface area contributed by atoms with Crippen LogP contribution in [-0.2, 0) is 17.8 Å². The zero-order valence-corrected chi connectivity index (χ0v) is 12.8. The molecule has 1 aliphatic rings. The Morgan fingerprint density at radius 1 is 1.25 bits per heavy atom. The molecule has 0 saturated carbocycles. The topological polar surface area (TPSA) is 81.5 Å². The molecule has 2 aromatic heterocycles. The molecule has 7 heteroatoms. The summed E-state index contributed by atoms with van der Waals surface area (Å²) in [5.41, 5.74) is 2.60. The van der Waals surface area contributed by atoms with Crippen molar-refractivity contribution in [2.45, 2.75) is 19.4 Å². The smallest absolute Gasteiger partial charge is 0.437 e. The van der Waals surface area contributed by atoms with Gasteiger partial charge in [0.25, 0.3) is 5.89 Å². The average Bonchev–Trinajstić information content (AvgIpc) is 3.25. The fraction of sp³-hybridized carbons (Fsp3) is 0.235. The molecule has 4 rings (SSSR count). The maximum absolute atomic E-state index is 12.6. The zero-order valence-electron chi connectivity index (χ0n) is 12.8. The van der Waals surface area contributed by atoms with Crippen LogP contribution in [0.2, 0.25) is 0 Å². The van der Waals surface area contributed by atoms with Crippen LogP contribution in [-0.4, -0.2) is 22.2 Å². The van der Waals surface area contributed by atoms with Gasteiger partial charge in [0.1, 0.15) is 12.8 Å². The molecule has 0 atom stereocenters. The molecule has 7 nitrogen and oxygen atoms in total. The second-order valence-electron chi connectivity index (χ2n) is 5.62. The van der Waals surface area contributed by atoms with Crippen LogP contribution < -0.4 is 10.7 Å². The van der Waals surface area contributed by atoms with Gasteiger partial charge in [0.2, 0.25) is 5.91 Å². The lowest BCUT2D eigenvalue weighted by Crippen LogP contribution is -2.39. The molecule has 1 aromatic carbocycles. The lowest BCUT2D eigenvalue weighted by molar-refractivity contribution is -0.119. The predicted molar refractivity (Wildman–Crippen MR) is 85.6 cm³/mol. The fourth-order valence-corrected chi connectivity index (χ4v) is 2.92. The molecule has 3 heterocycles. The van der Waals surface area contributed by atoms with Gasteiger partial charge in [-0.3, -0.25) is 4.79 Å². The van der Waals surface area contributed by atoms with Crippen LogP contribution in [0.3, 0.4) is 0 Å². The number of carbonyl (C=O) groups is 1. The number of hydrogen-bond donors (Lipinski definition) is 0. The van der Waals surface area contributed by atoms with E-state index in [9.17, 15) is 9.59 Å². The Kier molecular flexibility index (Phi) is 3.53. The van der Waals surface area contributed by atoms with Crippen LogP contribution in [0.5, 0.6) is 0 Å². The third-order valence-corrected chi connectivity index (χ3v) is 4.07. The van der Waals surface area contributed by atoms with Crippen LogP contribution in [0.15, 0.2) is 56.5 Å². The molecule has 0 aliphatic carbocycles. The molecule has 0 unspecified atom stereocenters. The Bertz CT molecular complexity index is 923. The number of rotatable bonds is 3. The van der Waals surface area contributed by atoms with Crippen molar-refractivity contribution in [3.63, 3.8) is 0 Å². The highest BCUT2D eigenvalue weighted by atomic mass is 16.4. The molecular formula is C17H15N3O4. The molecule has 0 N–H and O–H groups in total. The molecule has 1 amide bonds. The van der Waals surface area contributed by atoms with Crippen LogP contribution in [0.1, 0.15) is 12.0 Å². The molecule has 0 spiro atoms. The number of furan rings is 1. The van der Waals surface area contributed by atoms with Gasteiger partial charge in [0.05, 0.1) is 11.8 Å². The van der Waals surface area contributed by atoms with E-state index in [0.717, 1.165) is 28.8 Å². The zero-order chi connectivity index (χ0) is 16.5. The summed E-state index contributed by atoms with van der Waals surface area (Å²) < 4.78 is 11.1. The van der Waals surface area contributed by atoms with Crippen molar-refractivity contribution in [2.75, 3.05) is 11.4 Å². The van der Waals surface area contributed by atoms with E-state index in [4.69, 9.17) is 8.83 Å². The number of fused-ring (bicyclic) bond motifs is 1. The summed E-state index contributed by atoms with van der Waals surface area (Å²) in [4.78, 5) is 26.3. The van der Waals surface area contributed by atoms with Crippen molar-refractivity contribution < 1.29 is 13.6 Å². The van der Waals surface area contributed by atoms with Gasteiger partial charge < -0.3 is 13.7 Å². The van der Waals surface area contributed by atoms with E-state index < -0.39 is 5.76 Å². The van der Waals surface area contributed by atoms with E-state index in [1.807, 2.05) is 24.3 Å². The predicted octanol–water partition coefficient (Wildman–Crippen LogP) is 2.08. The number of nitrogens with zero attached hydrogens (tertiary/aromatic N) is 3. The van der Waals surface area contributed by atoms with Crippen molar-refractivity contribution in [2.24, 2.45) is 0 Å². The summed E-state index contributed by atoms with van der Waals surface area (Å²) in [6.07, 6.45) is 4.74. The number of carbonyl (C=O) groups excluding carboxylic acids is 1. The Morgan fingerprint density at radius 3 is 2.96 bits per heavy atom. The monoisotopic (exact) mass is 325 g/mol. The normalized spacial score (nSPS) is 13.8. The first-order chi connectivity index (χ1) is 11.7. The highest BCUT2D eigenvalue weighted by Gasteiger charge is 2.24. The lowest BCUT2D eigenvalue weighted by Gasteiger charge is -2.29. The first-order valence-corrected chi connectivity index (χ1v) is 7.71. The number of hydrogen-bond acceptors (Lipinski definition) is 5. The van der Waals surface area contributed by atoms with Gasteiger partial charge in [-0.2, -0.15) is 4.68 Å². The summed E-state index contributed by atoms with van der Waals surface area (Å²) in [6.45, 7) is 0.478. The maximum atomic E-state index is 12.6. The third kappa shape index (κ3) is 2.54. The summed E-state index contributed by atoms with van der Waals surface area (Å²) in [5.74, 6) is -0.707. The lowest BCUT2D eigenvalue weighted by atomic mass is 10.0. The standard InChI is InChI=1S/C17H15N3O4/c21-15(19-8-3-5-12-4-1-2-6-14(12)19)10-20-17(22)24-16(18-20)13-7-9-23-11-13/h1-2,4,6-7,9,11H,3,5,8,10H2. The fourth-order valence-electron chi connectivity index (χ4n) is 2.92. The number of amides is 1. The van der Waals surface area contributed by atoms with Crippen LogP contribution >= 0.6 is 0 Å². The second-order valence-corrected chi connectivity index (χ2v) is 5.62. The molecule has 3 aromatic rings. The summed E-state index contributed by atoms with van der Waals surface area (Å²) >= 11 is 0. The Balaban J connectivity index is 1.58. The Hall–Kier alpha value is -3.09. The van der Waals surface area contributed by atoms with E-state index in [1.54, 1.807) is 11.0 Å². The molecule has 0 radical (unpaired) electrons. The molecule has 0 fully saturated rings. The Morgan fingerprint density at radius 2 is 2.12 bits per heavy atom. The molecule has 0 bridgehead atoms. The molecular weight excluding hydrogens is 310 g/mol. The van der Waals surface area contributed by atoms with Gasteiger partial charge in [-0.25, -0.2) is 4.79 Å². The van der Waals surface area contributed by atoms with Crippen molar-refractivity contribution in [3.05, 3.63) is 59.0 Å². The minimum absolute atomic E-state index is 0.139. The van der Waals surface area contributed by atoms with E-state index in [1.165, 1.54) is 12.5 Å². The van der Waals surface area contributed by atoms with Gasteiger partial charge in [0.15, 0.2) is 0 Å². The summed E-state index contributed by atoms with van der Waals surface area (Å²) in [6, 6.07) is 9.46. The van der Waals surface area contributed by atoms with E-state index in [2.05, 4.69) is 5.10 Å². The highest BCUT2D eigenvalue weighted by molar-refractivity contribution is 5.94. The largest absolute Gasteiger partial charge is 0.472 e. The van der Waals surface area contributed by atoms with Crippen molar-refractivity contribution in [3.8, 4) is 11.5 Å². The third-order valence-electron chi connectivity index (χ3n) is 4.07. The van der Waals surface area contributed by atoms with Gasteiger partial charge in [-0.15, -0.1) is 5.10 Å². The van der Waals surface area contributed by atoms with Crippen LogP contribution in [0.4, 0.5) is 5.69 Å². The summed E-state index contributed by atoms with van der Waals surface area (Å²) in [7, 11) is 0. The minimum Gasteiger partial charge on any atom is -0.472 e. The van der Waals surface area contributed by atoms with E-state index >= 15 is 0 Å². The van der Waals surface area contributed by atoms with Crippen LogP contribution in [0.25, 0.3) is 11.5 Å². The number of anilines is 1. The van der Waals surface area contributed by atoms with Crippen molar-refractivity contribution in [1.29, 1.82) is 0 Å². The highest BCUT2D eigenvalue weighted by Crippen LogP contribution is 2.26. The average molecular weight is 325 g/mol. The number of para-hydroxylation sites is 1. The Labute approximate surface area is 137 Å². The molecule has 122 valence electrons. The molecule has 24 heavy (non-hydrogen) atoms. The SMILES string of the molecule is O=C(Cn1nc(-c2ccoc2)oc1=O)N1CCCc2ccccc21. The van der Waals surface area contributed by atoms with Gasteiger partial charge in [-0.1, -0.05) is 18.2 Å². The minimum atomic E-state index is -0.662. The number of benzene rings is 1. The quantitative estimate of drug-likeness (QED) is 0.736. The summed E-state index contributed by atoms with van der Waals surface area (Å²) in [5, 5.41) is 4.07.